The van der Waals surface area contributed by atoms with E-state index in [0.717, 1.165) is 22.4 Å². The highest BCUT2D eigenvalue weighted by molar-refractivity contribution is 5.63. The Kier molecular flexibility index (Phi) is 3.71. The second-order valence-electron chi connectivity index (χ2n) is 4.96. The highest BCUT2D eigenvalue weighted by atomic mass is 16.3. The highest BCUT2D eigenvalue weighted by Crippen LogP contribution is 2.28. The Balaban J connectivity index is 1.86. The topological polar surface area (TPSA) is 69.1 Å². The molecule has 0 aliphatic rings. The number of benzene rings is 2. The molecule has 106 valence electrons. The minimum Gasteiger partial charge on any atom is -0.508 e. The summed E-state index contributed by atoms with van der Waals surface area (Å²) in [7, 11) is 0. The zero-order valence-electron chi connectivity index (χ0n) is 11.4. The molecule has 3 rings (SSSR count). The van der Waals surface area contributed by atoms with Crippen molar-refractivity contribution in [3.05, 3.63) is 71.9 Å². The van der Waals surface area contributed by atoms with Crippen LogP contribution in [-0.4, -0.2) is 20.4 Å². The zero-order chi connectivity index (χ0) is 14.7. The van der Waals surface area contributed by atoms with E-state index in [9.17, 15) is 10.2 Å². The van der Waals surface area contributed by atoms with Crippen molar-refractivity contribution in [2.24, 2.45) is 0 Å². The van der Waals surface area contributed by atoms with E-state index in [2.05, 4.69) is 10.2 Å². The number of aromatic hydroxyl groups is 1. The lowest BCUT2D eigenvalue weighted by molar-refractivity contribution is 0.179. The lowest BCUT2D eigenvalue weighted by Gasteiger charge is -2.11. The van der Waals surface area contributed by atoms with Crippen molar-refractivity contribution >= 4 is 0 Å². The number of aliphatic hydroxyl groups excluding tert-OH is 1. The molecule has 0 fully saturated rings. The van der Waals surface area contributed by atoms with Crippen LogP contribution in [0.1, 0.15) is 17.2 Å². The van der Waals surface area contributed by atoms with Crippen molar-refractivity contribution in [1.82, 2.24) is 10.2 Å². The van der Waals surface area contributed by atoms with Gasteiger partial charge in [0.2, 0.25) is 0 Å². The number of aromatic nitrogens is 2. The van der Waals surface area contributed by atoms with E-state index in [-0.39, 0.29) is 5.75 Å². The molecule has 0 saturated heterocycles. The Morgan fingerprint density at radius 1 is 1.05 bits per heavy atom. The van der Waals surface area contributed by atoms with Gasteiger partial charge in [-0.2, -0.15) is 5.10 Å². The highest BCUT2D eigenvalue weighted by Gasteiger charge is 2.16. The molecule has 0 saturated carbocycles. The van der Waals surface area contributed by atoms with Gasteiger partial charge in [0.25, 0.3) is 0 Å². The molecule has 3 N–H and O–H groups in total. The van der Waals surface area contributed by atoms with Gasteiger partial charge in [0.15, 0.2) is 0 Å². The van der Waals surface area contributed by atoms with Gasteiger partial charge in [0.05, 0.1) is 18.0 Å². The van der Waals surface area contributed by atoms with Gasteiger partial charge >= 0.3 is 0 Å². The van der Waals surface area contributed by atoms with Gasteiger partial charge in [-0.05, 0) is 23.3 Å². The fourth-order valence-electron chi connectivity index (χ4n) is 2.40. The van der Waals surface area contributed by atoms with Crippen molar-refractivity contribution in [2.45, 2.75) is 12.5 Å². The first-order chi connectivity index (χ1) is 10.2. The molecule has 0 spiro atoms. The van der Waals surface area contributed by atoms with E-state index in [1.807, 2.05) is 36.4 Å². The first-order valence-corrected chi connectivity index (χ1v) is 6.78. The van der Waals surface area contributed by atoms with Crippen LogP contribution in [0.4, 0.5) is 0 Å². The molecular formula is C17H16N2O2. The molecular weight excluding hydrogens is 264 g/mol. The minimum absolute atomic E-state index is 0.204. The smallest absolute Gasteiger partial charge is 0.115 e. The first-order valence-electron chi connectivity index (χ1n) is 6.78. The van der Waals surface area contributed by atoms with Crippen molar-refractivity contribution in [3.63, 3.8) is 0 Å². The Hall–Kier alpha value is -2.59. The molecule has 0 bridgehead atoms. The van der Waals surface area contributed by atoms with Gasteiger partial charge < -0.3 is 10.2 Å². The van der Waals surface area contributed by atoms with Crippen LogP contribution in [0.3, 0.4) is 0 Å². The van der Waals surface area contributed by atoms with Crippen molar-refractivity contribution < 1.29 is 10.2 Å². The van der Waals surface area contributed by atoms with Gasteiger partial charge in [-0.3, -0.25) is 5.10 Å². The largest absolute Gasteiger partial charge is 0.508 e. The third kappa shape index (κ3) is 2.95. The van der Waals surface area contributed by atoms with E-state index in [1.165, 1.54) is 0 Å². The van der Waals surface area contributed by atoms with Crippen molar-refractivity contribution in [3.8, 4) is 17.0 Å². The van der Waals surface area contributed by atoms with Gasteiger partial charge in [-0.15, -0.1) is 0 Å². The summed E-state index contributed by atoms with van der Waals surface area (Å²) >= 11 is 0. The predicted octanol–water partition coefficient (Wildman–Crippen LogP) is 3.06. The summed E-state index contributed by atoms with van der Waals surface area (Å²) in [6, 6.07) is 16.7. The Morgan fingerprint density at radius 3 is 2.62 bits per heavy atom. The number of nitrogens with zero attached hydrogens (tertiary/aromatic N) is 1. The normalized spacial score (nSPS) is 12.2. The minimum atomic E-state index is -0.680. The summed E-state index contributed by atoms with van der Waals surface area (Å²) < 4.78 is 0. The third-order valence-electron chi connectivity index (χ3n) is 3.43. The average molecular weight is 280 g/mol. The van der Waals surface area contributed by atoms with Crippen LogP contribution in [0.5, 0.6) is 5.75 Å². The summed E-state index contributed by atoms with van der Waals surface area (Å²) in [5.74, 6) is 0.204. The van der Waals surface area contributed by atoms with E-state index < -0.39 is 6.10 Å². The monoisotopic (exact) mass is 280 g/mol. The molecule has 2 aromatic carbocycles. The number of hydrogen-bond acceptors (Lipinski definition) is 3. The molecule has 0 radical (unpaired) electrons. The molecule has 1 heterocycles. The number of phenols is 1. The number of rotatable bonds is 4. The van der Waals surface area contributed by atoms with Crippen LogP contribution in [0.15, 0.2) is 60.8 Å². The molecule has 4 heteroatoms. The maximum absolute atomic E-state index is 10.5. The fourth-order valence-corrected chi connectivity index (χ4v) is 2.40. The molecule has 0 amide bonds. The maximum atomic E-state index is 10.5. The second-order valence-corrected chi connectivity index (χ2v) is 4.96. The molecule has 21 heavy (non-hydrogen) atoms. The SMILES string of the molecule is Oc1cccc(CC(O)c2cn[nH]c2-c2ccccc2)c1. The standard InChI is InChI=1S/C17H16N2O2/c20-14-8-4-5-12(9-14)10-16(21)15-11-18-19-17(15)13-6-2-1-3-7-13/h1-9,11,16,20-21H,10H2,(H,18,19). The number of H-pyrrole nitrogens is 1. The number of aliphatic hydroxyl groups is 1. The van der Waals surface area contributed by atoms with Gasteiger partial charge in [-0.1, -0.05) is 42.5 Å². The number of aromatic amines is 1. The average Bonchev–Trinajstić information content (AvgIpc) is 2.98. The van der Waals surface area contributed by atoms with Crippen LogP contribution in [-0.2, 0) is 6.42 Å². The van der Waals surface area contributed by atoms with E-state index in [0.29, 0.717) is 6.42 Å². The quantitative estimate of drug-likeness (QED) is 0.688. The number of nitrogens with one attached hydrogen (secondary N) is 1. The van der Waals surface area contributed by atoms with E-state index >= 15 is 0 Å². The fraction of sp³-hybridized carbons (Fsp3) is 0.118. The van der Waals surface area contributed by atoms with Crippen LogP contribution in [0.2, 0.25) is 0 Å². The van der Waals surface area contributed by atoms with Gasteiger partial charge in [0, 0.05) is 12.0 Å². The molecule has 0 aliphatic heterocycles. The molecule has 3 aromatic rings. The number of hydrogen-bond donors (Lipinski definition) is 3. The molecule has 1 aromatic heterocycles. The summed E-state index contributed by atoms with van der Waals surface area (Å²) in [4.78, 5) is 0. The first kappa shape index (κ1) is 13.4. The van der Waals surface area contributed by atoms with Gasteiger partial charge in [0.1, 0.15) is 5.75 Å². The van der Waals surface area contributed by atoms with Crippen LogP contribution < -0.4 is 0 Å². The van der Waals surface area contributed by atoms with Crippen LogP contribution in [0, 0.1) is 0 Å². The maximum Gasteiger partial charge on any atom is 0.115 e. The Labute approximate surface area is 122 Å². The zero-order valence-corrected chi connectivity index (χ0v) is 11.4. The van der Waals surface area contributed by atoms with Crippen molar-refractivity contribution in [2.75, 3.05) is 0 Å². The summed E-state index contributed by atoms with van der Waals surface area (Å²) in [5, 5.41) is 26.9. The molecule has 1 atom stereocenters. The summed E-state index contributed by atoms with van der Waals surface area (Å²) in [6.45, 7) is 0. The Bertz CT molecular complexity index is 722. The lowest BCUT2D eigenvalue weighted by atomic mass is 9.99. The van der Waals surface area contributed by atoms with Crippen molar-refractivity contribution in [1.29, 1.82) is 0 Å². The van der Waals surface area contributed by atoms with Gasteiger partial charge in [-0.25, -0.2) is 0 Å². The lowest BCUT2D eigenvalue weighted by Crippen LogP contribution is -2.02. The molecule has 0 aliphatic carbocycles. The Morgan fingerprint density at radius 2 is 1.86 bits per heavy atom. The van der Waals surface area contributed by atoms with Crippen LogP contribution >= 0.6 is 0 Å². The molecule has 4 nitrogen and oxygen atoms in total. The van der Waals surface area contributed by atoms with E-state index in [1.54, 1.807) is 24.4 Å². The summed E-state index contributed by atoms with van der Waals surface area (Å²) in [6.07, 6.45) is 1.39. The second kappa shape index (κ2) is 5.81. The van der Waals surface area contributed by atoms with E-state index in [4.69, 9.17) is 0 Å². The molecule has 1 unspecified atom stereocenters. The predicted molar refractivity (Wildman–Crippen MR) is 80.8 cm³/mol. The van der Waals surface area contributed by atoms with Crippen LogP contribution in [0.25, 0.3) is 11.3 Å². The summed E-state index contributed by atoms with van der Waals surface area (Å²) in [5.41, 5.74) is 3.44. The third-order valence-corrected chi connectivity index (χ3v) is 3.43. The number of phenolic OH excluding ortho intramolecular Hbond substituents is 1.